The molecule has 0 heterocycles. The van der Waals surface area contributed by atoms with E-state index in [-0.39, 0.29) is 11.8 Å². The molecule has 0 bridgehead atoms. The van der Waals surface area contributed by atoms with Gasteiger partial charge in [0, 0.05) is 38.7 Å². The molecule has 0 atom stereocenters. The number of hydrogen-bond donors (Lipinski definition) is 0. The van der Waals surface area contributed by atoms with Gasteiger partial charge in [0.2, 0.25) is 11.8 Å². The van der Waals surface area contributed by atoms with Gasteiger partial charge in [-0.25, -0.2) is 0 Å². The highest BCUT2D eigenvalue weighted by atomic mass is 16.2. The Labute approximate surface area is 134 Å². The molecule has 0 aromatic heterocycles. The van der Waals surface area contributed by atoms with Gasteiger partial charge in [-0.1, -0.05) is 26.0 Å². The topological polar surface area (TPSA) is 40.6 Å². The highest BCUT2D eigenvalue weighted by molar-refractivity contribution is 5.92. The van der Waals surface area contributed by atoms with E-state index in [4.69, 9.17) is 0 Å². The van der Waals surface area contributed by atoms with Crippen LogP contribution in [0.5, 0.6) is 0 Å². The minimum atomic E-state index is -0.0374. The number of amides is 2. The maximum atomic E-state index is 12.1. The lowest BCUT2D eigenvalue weighted by Gasteiger charge is -2.24. The average molecular weight is 304 g/mol. The summed E-state index contributed by atoms with van der Waals surface area (Å²) < 4.78 is 0. The monoisotopic (exact) mass is 304 g/mol. The lowest BCUT2D eigenvalue weighted by molar-refractivity contribution is -0.130. The first-order chi connectivity index (χ1) is 10.4. The molecule has 4 heteroatoms. The van der Waals surface area contributed by atoms with Crippen molar-refractivity contribution in [2.24, 2.45) is 0 Å². The number of benzene rings is 1. The van der Waals surface area contributed by atoms with Crippen LogP contribution in [0.15, 0.2) is 24.3 Å². The number of carbonyl (C=O) groups excluding carboxylic acids is 2. The summed E-state index contributed by atoms with van der Waals surface area (Å²) in [7, 11) is 0. The van der Waals surface area contributed by atoms with E-state index in [2.05, 4.69) is 13.8 Å². The molecule has 2 amide bonds. The third-order valence-electron chi connectivity index (χ3n) is 3.92. The Morgan fingerprint density at radius 1 is 1.05 bits per heavy atom. The first-order valence-corrected chi connectivity index (χ1v) is 8.06. The molecular weight excluding hydrogens is 276 g/mol. The van der Waals surface area contributed by atoms with E-state index in [1.807, 2.05) is 38.1 Å². The van der Waals surface area contributed by atoms with E-state index in [0.717, 1.165) is 5.69 Å². The van der Waals surface area contributed by atoms with E-state index in [0.29, 0.717) is 32.0 Å². The van der Waals surface area contributed by atoms with Crippen molar-refractivity contribution in [1.29, 1.82) is 0 Å². The van der Waals surface area contributed by atoms with Gasteiger partial charge in [0.25, 0.3) is 0 Å². The third-order valence-corrected chi connectivity index (χ3v) is 3.92. The quantitative estimate of drug-likeness (QED) is 0.774. The highest BCUT2D eigenvalue weighted by Gasteiger charge is 2.16. The van der Waals surface area contributed by atoms with Crippen LogP contribution in [0, 0.1) is 0 Å². The fourth-order valence-electron chi connectivity index (χ4n) is 2.45. The fraction of sp³-hybridized carbons (Fsp3) is 0.556. The van der Waals surface area contributed by atoms with Gasteiger partial charge in [0.05, 0.1) is 0 Å². The third kappa shape index (κ3) is 4.86. The van der Waals surface area contributed by atoms with E-state index < -0.39 is 0 Å². The highest BCUT2D eigenvalue weighted by Crippen LogP contribution is 2.20. The van der Waals surface area contributed by atoms with Crippen molar-refractivity contribution in [3.8, 4) is 0 Å². The SMILES string of the molecule is CCN(CC)C(=O)CCN(C(C)=O)c1ccc(C(C)C)cc1. The van der Waals surface area contributed by atoms with E-state index in [1.54, 1.807) is 9.80 Å². The average Bonchev–Trinajstić information content (AvgIpc) is 2.48. The molecule has 0 N–H and O–H groups in total. The normalized spacial score (nSPS) is 10.6. The van der Waals surface area contributed by atoms with Gasteiger partial charge in [-0.3, -0.25) is 9.59 Å². The first-order valence-electron chi connectivity index (χ1n) is 8.06. The molecule has 0 aliphatic carbocycles. The van der Waals surface area contributed by atoms with Gasteiger partial charge >= 0.3 is 0 Å². The fourth-order valence-corrected chi connectivity index (χ4v) is 2.45. The van der Waals surface area contributed by atoms with Crippen LogP contribution in [-0.4, -0.2) is 36.3 Å². The Kier molecular flexibility index (Phi) is 7.09. The number of anilines is 1. The Morgan fingerprint density at radius 3 is 2.00 bits per heavy atom. The number of hydrogen-bond acceptors (Lipinski definition) is 2. The number of nitrogens with zero attached hydrogens (tertiary/aromatic N) is 2. The second-order valence-corrected chi connectivity index (χ2v) is 5.73. The maximum absolute atomic E-state index is 12.1. The van der Waals surface area contributed by atoms with Gasteiger partial charge in [-0.15, -0.1) is 0 Å². The van der Waals surface area contributed by atoms with Crippen LogP contribution in [0.3, 0.4) is 0 Å². The van der Waals surface area contributed by atoms with Crippen molar-refractivity contribution >= 4 is 17.5 Å². The summed E-state index contributed by atoms with van der Waals surface area (Å²) >= 11 is 0. The lowest BCUT2D eigenvalue weighted by Crippen LogP contribution is -2.36. The Morgan fingerprint density at radius 2 is 1.59 bits per heavy atom. The van der Waals surface area contributed by atoms with Crippen molar-refractivity contribution in [1.82, 2.24) is 4.90 Å². The van der Waals surface area contributed by atoms with Crippen molar-refractivity contribution in [3.63, 3.8) is 0 Å². The molecule has 0 saturated heterocycles. The molecule has 0 radical (unpaired) electrons. The van der Waals surface area contributed by atoms with E-state index in [9.17, 15) is 9.59 Å². The van der Waals surface area contributed by atoms with Gasteiger partial charge < -0.3 is 9.80 Å². The van der Waals surface area contributed by atoms with E-state index in [1.165, 1.54) is 12.5 Å². The molecule has 0 saturated carbocycles. The Balaban J connectivity index is 2.78. The van der Waals surface area contributed by atoms with Crippen molar-refractivity contribution in [3.05, 3.63) is 29.8 Å². The lowest BCUT2D eigenvalue weighted by atomic mass is 10.0. The summed E-state index contributed by atoms with van der Waals surface area (Å²) in [6.45, 7) is 11.6. The molecule has 0 unspecified atom stereocenters. The molecule has 122 valence electrons. The second kappa shape index (κ2) is 8.57. The number of carbonyl (C=O) groups is 2. The molecule has 1 aromatic carbocycles. The second-order valence-electron chi connectivity index (χ2n) is 5.73. The molecule has 0 fully saturated rings. The molecule has 0 spiro atoms. The summed E-state index contributed by atoms with van der Waals surface area (Å²) in [5.41, 5.74) is 2.09. The summed E-state index contributed by atoms with van der Waals surface area (Å²) in [6, 6.07) is 8.00. The molecule has 1 rings (SSSR count). The standard InChI is InChI=1S/C18H28N2O2/c1-6-19(7-2)18(22)12-13-20(15(5)21)17-10-8-16(9-11-17)14(3)4/h8-11,14H,6-7,12-13H2,1-5H3. The van der Waals surface area contributed by atoms with Gasteiger partial charge in [-0.2, -0.15) is 0 Å². The number of rotatable bonds is 7. The van der Waals surface area contributed by atoms with Gasteiger partial charge in [0.1, 0.15) is 0 Å². The summed E-state index contributed by atoms with van der Waals surface area (Å²) in [4.78, 5) is 27.4. The molecular formula is C18H28N2O2. The zero-order chi connectivity index (χ0) is 16.7. The van der Waals surface area contributed by atoms with Crippen LogP contribution in [0.25, 0.3) is 0 Å². The molecule has 0 aliphatic rings. The van der Waals surface area contributed by atoms with Crippen LogP contribution < -0.4 is 4.90 Å². The zero-order valence-electron chi connectivity index (χ0n) is 14.4. The molecule has 1 aromatic rings. The van der Waals surface area contributed by atoms with Crippen LogP contribution in [0.2, 0.25) is 0 Å². The van der Waals surface area contributed by atoms with Crippen LogP contribution >= 0.6 is 0 Å². The van der Waals surface area contributed by atoms with Gasteiger partial charge in [0.15, 0.2) is 0 Å². The smallest absolute Gasteiger partial charge is 0.224 e. The minimum Gasteiger partial charge on any atom is -0.343 e. The zero-order valence-corrected chi connectivity index (χ0v) is 14.4. The van der Waals surface area contributed by atoms with Crippen molar-refractivity contribution < 1.29 is 9.59 Å². The summed E-state index contributed by atoms with van der Waals surface area (Å²) in [5.74, 6) is 0.517. The minimum absolute atomic E-state index is 0.0374. The predicted molar refractivity (Wildman–Crippen MR) is 91.1 cm³/mol. The molecule has 22 heavy (non-hydrogen) atoms. The largest absolute Gasteiger partial charge is 0.343 e. The summed E-state index contributed by atoms with van der Waals surface area (Å²) in [6.07, 6.45) is 0.354. The summed E-state index contributed by atoms with van der Waals surface area (Å²) in [5, 5.41) is 0. The first kappa shape index (κ1) is 18.2. The van der Waals surface area contributed by atoms with Gasteiger partial charge in [-0.05, 0) is 37.5 Å². The van der Waals surface area contributed by atoms with Crippen LogP contribution in [0.4, 0.5) is 5.69 Å². The van der Waals surface area contributed by atoms with E-state index >= 15 is 0 Å². The maximum Gasteiger partial charge on any atom is 0.224 e. The van der Waals surface area contributed by atoms with Crippen LogP contribution in [-0.2, 0) is 9.59 Å². The molecule has 0 aliphatic heterocycles. The Hall–Kier alpha value is -1.84. The van der Waals surface area contributed by atoms with Crippen LogP contribution in [0.1, 0.15) is 52.5 Å². The molecule has 4 nitrogen and oxygen atoms in total. The predicted octanol–water partition coefficient (Wildman–Crippen LogP) is 3.42. The van der Waals surface area contributed by atoms with Crippen molar-refractivity contribution in [2.75, 3.05) is 24.5 Å². The van der Waals surface area contributed by atoms with Crippen molar-refractivity contribution in [2.45, 2.75) is 47.0 Å². The Bertz CT molecular complexity index is 490.